The molecule has 46 heavy (non-hydrogen) atoms. The van der Waals surface area contributed by atoms with E-state index in [9.17, 15) is 23.4 Å². The number of carbonyl (C=O) groups is 1. The molecule has 13 heteroatoms. The van der Waals surface area contributed by atoms with Gasteiger partial charge in [-0.15, -0.1) is 0 Å². The van der Waals surface area contributed by atoms with Gasteiger partial charge < -0.3 is 33.9 Å². The van der Waals surface area contributed by atoms with Crippen LogP contribution in [0.4, 0.5) is 4.79 Å². The quantitative estimate of drug-likeness (QED) is 0.398. The maximum absolute atomic E-state index is 14.6. The molecule has 1 saturated carbocycles. The molecular weight excluding hydrogens is 616 g/mol. The summed E-state index contributed by atoms with van der Waals surface area (Å²) < 4.78 is 60.3. The Kier molecular flexibility index (Phi) is 8.12. The minimum Gasteiger partial charge on any atom is -0.508 e. The number of amides is 1. The summed E-state index contributed by atoms with van der Waals surface area (Å²) in [5.74, 6) is 0.670. The summed E-state index contributed by atoms with van der Waals surface area (Å²) >= 11 is 0. The lowest BCUT2D eigenvalue weighted by molar-refractivity contribution is -0.0907. The second-order valence-corrected chi connectivity index (χ2v) is 15.6. The normalized spacial score (nSPS) is 30.4. The number of phenols is 1. The molecule has 7 rings (SSSR count). The van der Waals surface area contributed by atoms with Crippen molar-refractivity contribution in [2.24, 2.45) is 17.8 Å². The number of aromatic hydroxyl groups is 1. The number of phenolic OH excluding ortho intramolecular Hbond substituents is 1. The summed E-state index contributed by atoms with van der Waals surface area (Å²) in [6, 6.07) is 11.3. The van der Waals surface area contributed by atoms with Crippen LogP contribution in [0.3, 0.4) is 0 Å². The number of sulfonamides is 1. The average molecular weight is 659 g/mol. The van der Waals surface area contributed by atoms with Gasteiger partial charge in [0.25, 0.3) is 0 Å². The van der Waals surface area contributed by atoms with Gasteiger partial charge in [0.2, 0.25) is 16.8 Å². The Hall–Kier alpha value is -3.10. The Morgan fingerprint density at radius 2 is 1.74 bits per heavy atom. The highest BCUT2D eigenvalue weighted by Crippen LogP contribution is 2.53. The zero-order chi connectivity index (χ0) is 32.3. The fourth-order valence-corrected chi connectivity index (χ4v) is 10.1. The highest BCUT2D eigenvalue weighted by molar-refractivity contribution is 7.89. The predicted molar refractivity (Wildman–Crippen MR) is 164 cm³/mol. The summed E-state index contributed by atoms with van der Waals surface area (Å²) in [4.78, 5) is 14.8. The molecule has 1 aliphatic carbocycles. The van der Waals surface area contributed by atoms with Crippen LogP contribution in [0.15, 0.2) is 47.4 Å². The van der Waals surface area contributed by atoms with Crippen molar-refractivity contribution in [1.82, 2.24) is 9.21 Å². The average Bonchev–Trinajstić information content (AvgIpc) is 3.83. The molecule has 250 valence electrons. The van der Waals surface area contributed by atoms with Gasteiger partial charge in [-0.3, -0.25) is 4.90 Å². The lowest BCUT2D eigenvalue weighted by Gasteiger charge is -2.47. The Bertz CT molecular complexity index is 1560. The molecule has 0 unspecified atom stereocenters. The van der Waals surface area contributed by atoms with Crippen molar-refractivity contribution in [3.8, 4) is 17.2 Å². The highest BCUT2D eigenvalue weighted by Gasteiger charge is 2.67. The standard InChI is InChI=1S/C33H42N2O10S/c1-32(2)35(31(37)38)33(16-21-7-9-23(36)10-8-21,26-19-42-30-25(26)13-14-41-30)29(45-32)18-34(17-22-5-3-4-6-22)46(39,40)24-11-12-27-28(15-24)44-20-43-27/h7-12,15,22,25-26,29-30,36H,3-6,13-14,16-20H2,1-2H3,(H,37,38)/t25-,26+,29+,30+,33-/m0/s1. The molecule has 3 saturated heterocycles. The number of nitrogens with zero attached hydrogens (tertiary/aromatic N) is 2. The van der Waals surface area contributed by atoms with E-state index in [0.717, 1.165) is 31.2 Å². The Morgan fingerprint density at radius 3 is 2.48 bits per heavy atom. The van der Waals surface area contributed by atoms with Crippen molar-refractivity contribution in [3.05, 3.63) is 48.0 Å². The zero-order valence-electron chi connectivity index (χ0n) is 26.2. The highest BCUT2D eigenvalue weighted by atomic mass is 32.2. The third-order valence-electron chi connectivity index (χ3n) is 10.5. The SMILES string of the molecule is CC1(C)O[C@H](CN(CC2CCCC2)S(=O)(=O)c2ccc3c(c2)OCO3)[C@](Cc2ccc(O)cc2)([C@@H]2CO[C@H]3OCC[C@H]32)N1C(=O)O. The lowest BCUT2D eigenvalue weighted by atomic mass is 9.69. The molecule has 0 aromatic heterocycles. The number of fused-ring (bicyclic) bond motifs is 2. The van der Waals surface area contributed by atoms with Crippen molar-refractivity contribution in [2.45, 2.75) is 80.9 Å². The summed E-state index contributed by atoms with van der Waals surface area (Å²) in [6.07, 6.45) is 2.35. The van der Waals surface area contributed by atoms with Gasteiger partial charge in [0.1, 0.15) is 11.5 Å². The fourth-order valence-electron chi connectivity index (χ4n) is 8.52. The second-order valence-electron chi connectivity index (χ2n) is 13.6. The number of benzene rings is 2. The van der Waals surface area contributed by atoms with E-state index in [2.05, 4.69) is 0 Å². The van der Waals surface area contributed by atoms with Gasteiger partial charge in [0.15, 0.2) is 17.8 Å². The number of ether oxygens (including phenoxy) is 5. The fraction of sp³-hybridized carbons (Fsp3) is 0.606. The third-order valence-corrected chi connectivity index (χ3v) is 12.4. The first-order chi connectivity index (χ1) is 22.0. The van der Waals surface area contributed by atoms with Gasteiger partial charge in [-0.1, -0.05) is 25.0 Å². The minimum absolute atomic E-state index is 0.0236. The number of rotatable bonds is 9. The minimum atomic E-state index is -4.08. The van der Waals surface area contributed by atoms with Crippen molar-refractivity contribution in [2.75, 3.05) is 33.1 Å². The van der Waals surface area contributed by atoms with Crippen LogP contribution >= 0.6 is 0 Å². The van der Waals surface area contributed by atoms with Crippen LogP contribution in [0.1, 0.15) is 51.5 Å². The molecule has 0 bridgehead atoms. The maximum Gasteiger partial charge on any atom is 0.410 e. The van der Waals surface area contributed by atoms with Crippen LogP contribution in [0, 0.1) is 17.8 Å². The van der Waals surface area contributed by atoms with Crippen molar-refractivity contribution >= 4 is 16.1 Å². The van der Waals surface area contributed by atoms with E-state index in [0.29, 0.717) is 24.5 Å². The van der Waals surface area contributed by atoms with Crippen LogP contribution in [0.2, 0.25) is 0 Å². The van der Waals surface area contributed by atoms with E-state index < -0.39 is 39.8 Å². The summed E-state index contributed by atoms with van der Waals surface area (Å²) in [5, 5.41) is 20.9. The van der Waals surface area contributed by atoms with E-state index in [4.69, 9.17) is 23.7 Å². The van der Waals surface area contributed by atoms with E-state index in [1.807, 2.05) is 0 Å². The van der Waals surface area contributed by atoms with Gasteiger partial charge in [0.05, 0.1) is 29.8 Å². The molecule has 0 spiro atoms. The van der Waals surface area contributed by atoms with Crippen LogP contribution < -0.4 is 9.47 Å². The molecule has 0 radical (unpaired) electrons. The second kappa shape index (κ2) is 11.9. The Balaban J connectivity index is 1.34. The molecule has 5 aliphatic rings. The van der Waals surface area contributed by atoms with E-state index in [-0.39, 0.29) is 61.3 Å². The third kappa shape index (κ3) is 5.39. The van der Waals surface area contributed by atoms with Gasteiger partial charge in [-0.25, -0.2) is 13.2 Å². The van der Waals surface area contributed by atoms with E-state index in [1.54, 1.807) is 44.2 Å². The molecule has 2 N–H and O–H groups in total. The van der Waals surface area contributed by atoms with Crippen molar-refractivity contribution < 1.29 is 47.1 Å². The number of hydrogen-bond donors (Lipinski definition) is 2. The molecule has 4 fully saturated rings. The number of carboxylic acid groups (broad SMARTS) is 1. The molecule has 12 nitrogen and oxygen atoms in total. The molecule has 2 aromatic carbocycles. The summed E-state index contributed by atoms with van der Waals surface area (Å²) in [7, 11) is -4.08. The number of hydrogen-bond acceptors (Lipinski definition) is 9. The first kappa shape index (κ1) is 31.5. The predicted octanol–water partition coefficient (Wildman–Crippen LogP) is 4.41. The molecule has 4 aliphatic heterocycles. The van der Waals surface area contributed by atoms with Crippen molar-refractivity contribution in [3.63, 3.8) is 0 Å². The molecule has 4 heterocycles. The molecular formula is C33H42N2O10S. The van der Waals surface area contributed by atoms with E-state index >= 15 is 0 Å². The lowest BCUT2D eigenvalue weighted by Crippen LogP contribution is -2.65. The first-order valence-corrected chi connectivity index (χ1v) is 17.5. The van der Waals surface area contributed by atoms with Crippen LogP contribution in [0.25, 0.3) is 0 Å². The maximum atomic E-state index is 14.6. The smallest absolute Gasteiger partial charge is 0.410 e. The molecule has 5 atom stereocenters. The Labute approximate surface area is 269 Å². The zero-order valence-corrected chi connectivity index (χ0v) is 27.0. The van der Waals surface area contributed by atoms with Gasteiger partial charge in [-0.05, 0) is 75.3 Å². The van der Waals surface area contributed by atoms with Gasteiger partial charge >= 0.3 is 6.09 Å². The van der Waals surface area contributed by atoms with Crippen LogP contribution in [0.5, 0.6) is 17.2 Å². The molecule has 1 amide bonds. The largest absolute Gasteiger partial charge is 0.508 e. The van der Waals surface area contributed by atoms with Crippen LogP contribution in [-0.4, -0.2) is 90.7 Å². The van der Waals surface area contributed by atoms with Gasteiger partial charge in [0, 0.05) is 31.0 Å². The topological polar surface area (TPSA) is 144 Å². The molecule has 2 aromatic rings. The summed E-state index contributed by atoms with van der Waals surface area (Å²) in [5.41, 5.74) is -1.72. The summed E-state index contributed by atoms with van der Waals surface area (Å²) in [6.45, 7) is 4.43. The van der Waals surface area contributed by atoms with Crippen LogP contribution in [-0.2, 0) is 30.7 Å². The van der Waals surface area contributed by atoms with Gasteiger partial charge in [-0.2, -0.15) is 4.31 Å². The van der Waals surface area contributed by atoms with Crippen molar-refractivity contribution in [1.29, 1.82) is 0 Å². The van der Waals surface area contributed by atoms with E-state index in [1.165, 1.54) is 21.3 Å². The monoisotopic (exact) mass is 658 g/mol. The first-order valence-electron chi connectivity index (χ1n) is 16.1. The Morgan fingerprint density at radius 1 is 1.00 bits per heavy atom.